The standard InChI is InChI=1S/C14H10N2O6/c17-14(11-4-2-1-3-5-11)22-9-10-6-12(15(18)19)8-13(7-10)16(20)21/h1-8H,9H2. The van der Waals surface area contributed by atoms with E-state index in [1.165, 1.54) is 0 Å². The third-order valence-corrected chi connectivity index (χ3v) is 2.76. The number of benzene rings is 2. The zero-order chi connectivity index (χ0) is 16.1. The summed E-state index contributed by atoms with van der Waals surface area (Å²) in [5.74, 6) is -0.616. The Morgan fingerprint density at radius 2 is 1.50 bits per heavy atom. The second-order valence-electron chi connectivity index (χ2n) is 4.31. The van der Waals surface area contributed by atoms with Crippen LogP contribution in [0.3, 0.4) is 0 Å². The molecule has 0 aromatic heterocycles. The highest BCUT2D eigenvalue weighted by Gasteiger charge is 2.17. The highest BCUT2D eigenvalue weighted by molar-refractivity contribution is 5.89. The minimum absolute atomic E-state index is 0.171. The van der Waals surface area contributed by atoms with Gasteiger partial charge in [0.25, 0.3) is 11.4 Å². The second kappa shape index (κ2) is 6.44. The van der Waals surface area contributed by atoms with E-state index in [1.807, 2.05) is 0 Å². The maximum Gasteiger partial charge on any atom is 0.338 e. The van der Waals surface area contributed by atoms with Gasteiger partial charge in [-0.2, -0.15) is 0 Å². The van der Waals surface area contributed by atoms with Crippen molar-refractivity contribution in [2.45, 2.75) is 6.61 Å². The zero-order valence-corrected chi connectivity index (χ0v) is 11.2. The van der Waals surface area contributed by atoms with Gasteiger partial charge < -0.3 is 4.74 Å². The van der Waals surface area contributed by atoms with Crippen molar-refractivity contribution in [1.82, 2.24) is 0 Å². The number of carbonyl (C=O) groups is 1. The van der Waals surface area contributed by atoms with E-state index in [1.54, 1.807) is 30.3 Å². The van der Waals surface area contributed by atoms with Gasteiger partial charge in [-0.1, -0.05) is 18.2 Å². The van der Waals surface area contributed by atoms with E-state index in [9.17, 15) is 25.0 Å². The first-order valence-corrected chi connectivity index (χ1v) is 6.12. The van der Waals surface area contributed by atoms with E-state index in [0.29, 0.717) is 5.56 Å². The Bertz CT molecular complexity index is 697. The molecule has 22 heavy (non-hydrogen) atoms. The molecule has 0 heterocycles. The van der Waals surface area contributed by atoms with Crippen molar-refractivity contribution >= 4 is 17.3 Å². The molecule has 0 N–H and O–H groups in total. The number of ether oxygens (including phenoxy) is 1. The van der Waals surface area contributed by atoms with Crippen LogP contribution in [0.1, 0.15) is 15.9 Å². The molecule has 0 fully saturated rings. The molecule has 0 aliphatic carbocycles. The first-order valence-electron chi connectivity index (χ1n) is 6.12. The summed E-state index contributed by atoms with van der Waals surface area (Å²) in [5.41, 5.74) is -0.368. The lowest BCUT2D eigenvalue weighted by Gasteiger charge is -2.05. The SMILES string of the molecule is O=C(OCc1cc([N+](=O)[O-])cc([N+](=O)[O-])c1)c1ccccc1. The molecule has 0 radical (unpaired) electrons. The van der Waals surface area contributed by atoms with Gasteiger partial charge in [0.1, 0.15) is 6.61 Å². The largest absolute Gasteiger partial charge is 0.457 e. The molecule has 0 aliphatic heterocycles. The highest BCUT2D eigenvalue weighted by Crippen LogP contribution is 2.23. The van der Waals surface area contributed by atoms with Crippen LogP contribution in [0, 0.1) is 20.2 Å². The maximum absolute atomic E-state index is 11.8. The number of hydrogen-bond donors (Lipinski definition) is 0. The molecule has 0 saturated heterocycles. The quantitative estimate of drug-likeness (QED) is 0.476. The van der Waals surface area contributed by atoms with E-state index < -0.39 is 27.2 Å². The molecule has 0 amide bonds. The molecule has 8 nitrogen and oxygen atoms in total. The summed E-state index contributed by atoms with van der Waals surface area (Å²) < 4.78 is 5.00. The third-order valence-electron chi connectivity index (χ3n) is 2.76. The normalized spacial score (nSPS) is 10.0. The summed E-state index contributed by atoms with van der Waals surface area (Å²) in [7, 11) is 0. The van der Waals surface area contributed by atoms with Gasteiger partial charge in [0, 0.05) is 17.7 Å². The summed E-state index contributed by atoms with van der Waals surface area (Å²) in [4.78, 5) is 31.8. The molecule has 0 saturated carbocycles. The summed E-state index contributed by atoms with van der Waals surface area (Å²) in [6.07, 6.45) is 0. The molecule has 0 atom stereocenters. The van der Waals surface area contributed by atoms with E-state index in [4.69, 9.17) is 4.74 Å². The minimum Gasteiger partial charge on any atom is -0.457 e. The lowest BCUT2D eigenvalue weighted by atomic mass is 10.2. The van der Waals surface area contributed by atoms with Gasteiger partial charge in [0.2, 0.25) is 0 Å². The summed E-state index contributed by atoms with van der Waals surface area (Å²) in [5, 5.41) is 21.5. The number of nitro groups is 2. The average Bonchev–Trinajstić information content (AvgIpc) is 2.53. The van der Waals surface area contributed by atoms with Gasteiger partial charge in [-0.3, -0.25) is 20.2 Å². The summed E-state index contributed by atoms with van der Waals surface area (Å²) in [6.45, 7) is -0.295. The molecular weight excluding hydrogens is 292 g/mol. The fourth-order valence-electron chi connectivity index (χ4n) is 1.76. The Labute approximate surface area is 124 Å². The van der Waals surface area contributed by atoms with E-state index >= 15 is 0 Å². The molecule has 0 unspecified atom stereocenters. The van der Waals surface area contributed by atoms with Gasteiger partial charge >= 0.3 is 5.97 Å². The number of carbonyl (C=O) groups excluding carboxylic acids is 1. The Balaban J connectivity index is 2.17. The maximum atomic E-state index is 11.8. The second-order valence-corrected chi connectivity index (χ2v) is 4.31. The number of esters is 1. The van der Waals surface area contributed by atoms with Crippen molar-refractivity contribution < 1.29 is 19.4 Å². The van der Waals surface area contributed by atoms with Gasteiger partial charge in [-0.05, 0) is 12.1 Å². The molecule has 2 rings (SSSR count). The number of non-ortho nitro benzene ring substituents is 2. The van der Waals surface area contributed by atoms with Gasteiger partial charge in [0.05, 0.1) is 21.5 Å². The summed E-state index contributed by atoms with van der Waals surface area (Å²) in [6, 6.07) is 11.3. The summed E-state index contributed by atoms with van der Waals surface area (Å²) >= 11 is 0. The fourth-order valence-corrected chi connectivity index (χ4v) is 1.76. The van der Waals surface area contributed by atoms with E-state index in [-0.39, 0.29) is 12.2 Å². The lowest BCUT2D eigenvalue weighted by Crippen LogP contribution is -2.05. The number of hydrogen-bond acceptors (Lipinski definition) is 6. The van der Waals surface area contributed by atoms with Gasteiger partial charge in [-0.25, -0.2) is 4.79 Å². The fraction of sp³-hybridized carbons (Fsp3) is 0.0714. The first kappa shape index (κ1) is 15.1. The van der Waals surface area contributed by atoms with Crippen LogP contribution in [0.4, 0.5) is 11.4 Å². The van der Waals surface area contributed by atoms with Crippen LogP contribution in [0.25, 0.3) is 0 Å². The predicted molar refractivity (Wildman–Crippen MR) is 75.3 cm³/mol. The van der Waals surface area contributed by atoms with Crippen molar-refractivity contribution in [3.8, 4) is 0 Å². The van der Waals surface area contributed by atoms with Crippen LogP contribution in [0.2, 0.25) is 0 Å². The topological polar surface area (TPSA) is 113 Å². The van der Waals surface area contributed by atoms with E-state index in [0.717, 1.165) is 18.2 Å². The van der Waals surface area contributed by atoms with Crippen molar-refractivity contribution in [3.05, 3.63) is 79.9 Å². The molecule has 0 bridgehead atoms. The van der Waals surface area contributed by atoms with Crippen LogP contribution in [-0.4, -0.2) is 15.8 Å². The molecule has 0 spiro atoms. The Hall–Kier alpha value is -3.29. The van der Waals surface area contributed by atoms with Crippen LogP contribution in [-0.2, 0) is 11.3 Å². The Kier molecular flexibility index (Phi) is 4.42. The van der Waals surface area contributed by atoms with Crippen LogP contribution in [0.15, 0.2) is 48.5 Å². The van der Waals surface area contributed by atoms with Gasteiger partial charge in [-0.15, -0.1) is 0 Å². The molecule has 2 aromatic rings. The predicted octanol–water partition coefficient (Wildman–Crippen LogP) is 2.86. The Morgan fingerprint density at radius 1 is 0.955 bits per heavy atom. The van der Waals surface area contributed by atoms with E-state index in [2.05, 4.69) is 0 Å². The van der Waals surface area contributed by atoms with Crippen molar-refractivity contribution in [2.75, 3.05) is 0 Å². The first-order chi connectivity index (χ1) is 10.5. The van der Waals surface area contributed by atoms with Crippen LogP contribution >= 0.6 is 0 Å². The zero-order valence-electron chi connectivity index (χ0n) is 11.2. The van der Waals surface area contributed by atoms with Crippen molar-refractivity contribution in [3.63, 3.8) is 0 Å². The molecule has 8 heteroatoms. The van der Waals surface area contributed by atoms with Crippen molar-refractivity contribution in [2.24, 2.45) is 0 Å². The average molecular weight is 302 g/mol. The van der Waals surface area contributed by atoms with Gasteiger partial charge in [0.15, 0.2) is 0 Å². The minimum atomic E-state index is -0.741. The van der Waals surface area contributed by atoms with Crippen molar-refractivity contribution in [1.29, 1.82) is 0 Å². The number of nitro benzene ring substituents is 2. The monoisotopic (exact) mass is 302 g/mol. The molecule has 0 aliphatic rings. The highest BCUT2D eigenvalue weighted by atomic mass is 16.6. The lowest BCUT2D eigenvalue weighted by molar-refractivity contribution is -0.394. The third kappa shape index (κ3) is 3.63. The molecule has 2 aromatic carbocycles. The number of rotatable bonds is 5. The van der Waals surface area contributed by atoms with Crippen LogP contribution in [0.5, 0.6) is 0 Å². The smallest absolute Gasteiger partial charge is 0.338 e. The van der Waals surface area contributed by atoms with Crippen LogP contribution < -0.4 is 0 Å². The molecular formula is C14H10N2O6. The Morgan fingerprint density at radius 3 is 2.00 bits per heavy atom. The molecule has 112 valence electrons. The number of nitrogens with zero attached hydrogens (tertiary/aromatic N) is 2.